The van der Waals surface area contributed by atoms with Crippen molar-refractivity contribution in [3.8, 4) is 0 Å². The number of aromatic nitrogens is 3. The van der Waals surface area contributed by atoms with Gasteiger partial charge in [-0.3, -0.25) is 19.2 Å². The molecule has 1 saturated carbocycles. The SMILES string of the molecule is CCN(c1c(C)c(C(=O)NCc2c(C)cc(C)[nH]c2=O)cc2c1cnn2C)C1CCC(N2CCOCC2)CC1. The monoisotopic (exact) mass is 534 g/mol. The van der Waals surface area contributed by atoms with E-state index in [1.807, 2.05) is 50.8 Å². The molecule has 210 valence electrons. The summed E-state index contributed by atoms with van der Waals surface area (Å²) in [6, 6.07) is 4.92. The molecule has 2 fully saturated rings. The maximum Gasteiger partial charge on any atom is 0.253 e. The molecule has 0 radical (unpaired) electrons. The summed E-state index contributed by atoms with van der Waals surface area (Å²) in [4.78, 5) is 34.0. The average Bonchev–Trinajstić information content (AvgIpc) is 3.30. The molecule has 1 aromatic carbocycles. The minimum Gasteiger partial charge on any atom is -0.379 e. The van der Waals surface area contributed by atoms with Crippen LogP contribution in [0.15, 0.2) is 23.1 Å². The maximum absolute atomic E-state index is 13.6. The maximum atomic E-state index is 13.6. The predicted molar refractivity (Wildman–Crippen MR) is 155 cm³/mol. The van der Waals surface area contributed by atoms with Gasteiger partial charge in [-0.05, 0) is 76.6 Å². The van der Waals surface area contributed by atoms with Gasteiger partial charge < -0.3 is 19.9 Å². The van der Waals surface area contributed by atoms with Gasteiger partial charge in [-0.1, -0.05) is 0 Å². The van der Waals surface area contributed by atoms with Crippen LogP contribution in [0.3, 0.4) is 0 Å². The van der Waals surface area contributed by atoms with E-state index in [9.17, 15) is 9.59 Å². The molecule has 2 aromatic heterocycles. The molecular formula is C30H42N6O3. The molecule has 2 aliphatic rings. The van der Waals surface area contributed by atoms with Crippen molar-refractivity contribution in [2.24, 2.45) is 7.05 Å². The summed E-state index contributed by atoms with van der Waals surface area (Å²) in [7, 11) is 1.92. The summed E-state index contributed by atoms with van der Waals surface area (Å²) in [5, 5.41) is 8.65. The van der Waals surface area contributed by atoms with Gasteiger partial charge in [-0.25, -0.2) is 0 Å². The minimum atomic E-state index is -0.177. The molecule has 9 nitrogen and oxygen atoms in total. The molecular weight excluding hydrogens is 492 g/mol. The van der Waals surface area contributed by atoms with E-state index in [1.165, 1.54) is 12.8 Å². The van der Waals surface area contributed by atoms with E-state index in [2.05, 4.69) is 32.1 Å². The fraction of sp³-hybridized carbons (Fsp3) is 0.567. The lowest BCUT2D eigenvalue weighted by molar-refractivity contribution is 0.00730. The van der Waals surface area contributed by atoms with E-state index in [0.29, 0.717) is 23.2 Å². The van der Waals surface area contributed by atoms with Crippen LogP contribution in [0.2, 0.25) is 0 Å². The summed E-state index contributed by atoms with van der Waals surface area (Å²) in [5.74, 6) is -0.177. The third kappa shape index (κ3) is 5.47. The van der Waals surface area contributed by atoms with Crippen LogP contribution in [0.5, 0.6) is 0 Å². The number of H-pyrrole nitrogens is 1. The van der Waals surface area contributed by atoms with Gasteiger partial charge in [0.2, 0.25) is 0 Å². The molecule has 0 bridgehead atoms. The molecule has 2 N–H and O–H groups in total. The zero-order chi connectivity index (χ0) is 27.7. The molecule has 1 amide bonds. The first-order valence-electron chi connectivity index (χ1n) is 14.3. The number of aromatic amines is 1. The second-order valence-corrected chi connectivity index (χ2v) is 11.1. The van der Waals surface area contributed by atoms with Crippen molar-refractivity contribution in [3.05, 3.63) is 56.6 Å². The molecule has 3 heterocycles. The molecule has 3 aromatic rings. The number of ether oxygens (including phenoxy) is 1. The van der Waals surface area contributed by atoms with Gasteiger partial charge in [-0.15, -0.1) is 0 Å². The Kier molecular flexibility index (Phi) is 8.09. The molecule has 1 aliphatic carbocycles. The van der Waals surface area contributed by atoms with E-state index < -0.39 is 0 Å². The lowest BCUT2D eigenvalue weighted by Gasteiger charge is -2.43. The standard InChI is InChI=1S/C30H42N6O3/c1-6-36(23-9-7-22(8-10-23)35-11-13-39-14-12-35)28-21(4)24(16-27-26(28)18-32-34(27)5)29(37)31-17-25-19(2)15-20(3)33-30(25)38/h15-16,18,22-23H,6-14,17H2,1-5H3,(H,31,37)(H,33,38). The van der Waals surface area contributed by atoms with Crippen molar-refractivity contribution < 1.29 is 9.53 Å². The highest BCUT2D eigenvalue weighted by molar-refractivity contribution is 6.05. The van der Waals surface area contributed by atoms with Gasteiger partial charge in [0.1, 0.15) is 0 Å². The first kappa shape index (κ1) is 27.4. The molecule has 9 heteroatoms. The Bertz CT molecular complexity index is 1400. The topological polar surface area (TPSA) is 95.5 Å². The van der Waals surface area contributed by atoms with E-state index >= 15 is 0 Å². The first-order chi connectivity index (χ1) is 18.8. The van der Waals surface area contributed by atoms with E-state index in [4.69, 9.17) is 4.74 Å². The van der Waals surface area contributed by atoms with Crippen LogP contribution in [0.4, 0.5) is 5.69 Å². The molecule has 39 heavy (non-hydrogen) atoms. The van der Waals surface area contributed by atoms with Crippen molar-refractivity contribution in [2.45, 2.75) is 72.0 Å². The number of nitrogens with one attached hydrogen (secondary N) is 2. The Morgan fingerprint density at radius 2 is 1.87 bits per heavy atom. The van der Waals surface area contributed by atoms with Crippen molar-refractivity contribution in [1.82, 2.24) is 25.0 Å². The highest BCUT2D eigenvalue weighted by Gasteiger charge is 2.31. The zero-order valence-electron chi connectivity index (χ0n) is 24.0. The van der Waals surface area contributed by atoms with Crippen LogP contribution in [-0.4, -0.2) is 70.5 Å². The Balaban J connectivity index is 1.41. The Hall–Kier alpha value is -3.17. The number of rotatable bonds is 7. The molecule has 0 atom stereocenters. The second kappa shape index (κ2) is 11.5. The van der Waals surface area contributed by atoms with E-state index in [1.54, 1.807) is 0 Å². The van der Waals surface area contributed by atoms with Crippen molar-refractivity contribution in [3.63, 3.8) is 0 Å². The molecule has 0 spiro atoms. The second-order valence-electron chi connectivity index (χ2n) is 11.1. The summed E-state index contributed by atoms with van der Waals surface area (Å²) in [5.41, 5.74) is 5.74. The highest BCUT2D eigenvalue weighted by atomic mass is 16.5. The number of amides is 1. The minimum absolute atomic E-state index is 0.155. The quantitative estimate of drug-likeness (QED) is 0.481. The number of morpholine rings is 1. The largest absolute Gasteiger partial charge is 0.379 e. The van der Waals surface area contributed by atoms with Crippen LogP contribution < -0.4 is 15.8 Å². The third-order valence-electron chi connectivity index (χ3n) is 8.74. The lowest BCUT2D eigenvalue weighted by atomic mass is 9.88. The van der Waals surface area contributed by atoms with Crippen LogP contribution in [0, 0.1) is 20.8 Å². The number of carbonyl (C=O) groups is 1. The van der Waals surface area contributed by atoms with Crippen molar-refractivity contribution >= 4 is 22.5 Å². The van der Waals surface area contributed by atoms with Gasteiger partial charge in [0.25, 0.3) is 11.5 Å². The normalized spacial score (nSPS) is 20.3. The number of benzene rings is 1. The fourth-order valence-corrected chi connectivity index (χ4v) is 6.62. The first-order valence-corrected chi connectivity index (χ1v) is 14.3. The van der Waals surface area contributed by atoms with Crippen LogP contribution >= 0.6 is 0 Å². The fourth-order valence-electron chi connectivity index (χ4n) is 6.62. The van der Waals surface area contributed by atoms with E-state index in [0.717, 1.165) is 79.1 Å². The van der Waals surface area contributed by atoms with Gasteiger partial charge >= 0.3 is 0 Å². The summed E-state index contributed by atoms with van der Waals surface area (Å²) < 4.78 is 7.40. The van der Waals surface area contributed by atoms with Crippen LogP contribution in [0.1, 0.15) is 65.3 Å². The number of hydrogen-bond donors (Lipinski definition) is 2. The van der Waals surface area contributed by atoms with Crippen molar-refractivity contribution in [2.75, 3.05) is 37.7 Å². The predicted octanol–water partition coefficient (Wildman–Crippen LogP) is 3.59. The number of anilines is 1. The third-order valence-corrected chi connectivity index (χ3v) is 8.74. The van der Waals surface area contributed by atoms with Gasteiger partial charge in [-0.2, -0.15) is 5.10 Å². The van der Waals surface area contributed by atoms with Gasteiger partial charge in [0, 0.05) is 67.5 Å². The van der Waals surface area contributed by atoms with Crippen LogP contribution in [-0.2, 0) is 18.3 Å². The zero-order valence-corrected chi connectivity index (χ0v) is 24.0. The average molecular weight is 535 g/mol. The molecule has 0 unspecified atom stereocenters. The summed E-state index contributed by atoms with van der Waals surface area (Å²) in [6.07, 6.45) is 6.55. The Morgan fingerprint density at radius 1 is 1.15 bits per heavy atom. The summed E-state index contributed by atoms with van der Waals surface area (Å²) in [6.45, 7) is 12.8. The highest BCUT2D eigenvalue weighted by Crippen LogP contribution is 2.37. The van der Waals surface area contributed by atoms with Crippen molar-refractivity contribution in [1.29, 1.82) is 0 Å². The number of carbonyl (C=O) groups excluding carboxylic acids is 1. The number of hydrogen-bond acceptors (Lipinski definition) is 6. The van der Waals surface area contributed by atoms with E-state index in [-0.39, 0.29) is 18.0 Å². The number of fused-ring (bicyclic) bond motifs is 1. The molecule has 5 rings (SSSR count). The Morgan fingerprint density at radius 3 is 2.54 bits per heavy atom. The molecule has 1 aliphatic heterocycles. The van der Waals surface area contributed by atoms with Gasteiger partial charge in [0.15, 0.2) is 0 Å². The number of nitrogens with zero attached hydrogens (tertiary/aromatic N) is 4. The van der Waals surface area contributed by atoms with Gasteiger partial charge in [0.05, 0.1) is 30.6 Å². The lowest BCUT2D eigenvalue weighted by Crippen LogP contribution is -2.48. The smallest absolute Gasteiger partial charge is 0.253 e. The summed E-state index contributed by atoms with van der Waals surface area (Å²) >= 11 is 0. The van der Waals surface area contributed by atoms with Crippen LogP contribution in [0.25, 0.3) is 10.9 Å². The molecule has 1 saturated heterocycles. The Labute approximate surface area is 230 Å². The number of pyridine rings is 1. The number of aryl methyl sites for hydroxylation is 3.